The topological polar surface area (TPSA) is 73.3 Å². The second-order valence-corrected chi connectivity index (χ2v) is 3.65. The van der Waals surface area contributed by atoms with Gasteiger partial charge in [0.2, 0.25) is 0 Å². The van der Waals surface area contributed by atoms with Crippen molar-refractivity contribution in [3.05, 3.63) is 45.9 Å². The Kier molecular flexibility index (Phi) is 2.15. The number of halogens is 1. The van der Waals surface area contributed by atoms with Crippen LogP contribution in [0.1, 0.15) is 0 Å². The van der Waals surface area contributed by atoms with Crippen molar-refractivity contribution in [3.63, 3.8) is 0 Å². The first kappa shape index (κ1) is 9.98. The summed E-state index contributed by atoms with van der Waals surface area (Å²) in [4.78, 5) is 11.6. The van der Waals surface area contributed by atoms with Gasteiger partial charge in [-0.2, -0.15) is 4.52 Å². The third-order valence-electron chi connectivity index (χ3n) is 2.26. The Hall–Kier alpha value is -2.21. The Bertz CT molecular complexity index is 735. The van der Waals surface area contributed by atoms with Crippen molar-refractivity contribution < 1.29 is 4.42 Å². The van der Waals surface area contributed by atoms with Gasteiger partial charge in [-0.05, 0) is 10.4 Å². The molecule has 84 valence electrons. The highest BCUT2D eigenvalue weighted by molar-refractivity contribution is 6.31. The minimum atomic E-state index is -0.627. The number of fused-ring (bicyclic) bond motifs is 1. The van der Waals surface area contributed by atoms with Gasteiger partial charge in [0.25, 0.3) is 5.65 Å². The van der Waals surface area contributed by atoms with Gasteiger partial charge in [0, 0.05) is 5.56 Å². The summed E-state index contributed by atoms with van der Waals surface area (Å²) >= 11 is 6.08. The predicted octanol–water partition coefficient (Wildman–Crippen LogP) is 1.40. The lowest BCUT2D eigenvalue weighted by Crippen LogP contribution is -2.07. The average Bonchev–Trinajstić information content (AvgIpc) is 2.85. The summed E-state index contributed by atoms with van der Waals surface area (Å²) in [5.74, 6) is 0.247. The van der Waals surface area contributed by atoms with E-state index in [0.717, 1.165) is 4.52 Å². The number of tetrazole rings is 1. The molecule has 1 aromatic carbocycles. The van der Waals surface area contributed by atoms with E-state index in [2.05, 4.69) is 15.5 Å². The highest BCUT2D eigenvalue weighted by Crippen LogP contribution is 2.25. The van der Waals surface area contributed by atoms with Gasteiger partial charge >= 0.3 is 5.63 Å². The molecule has 0 aliphatic heterocycles. The molecule has 0 N–H and O–H groups in total. The fourth-order valence-electron chi connectivity index (χ4n) is 1.49. The maximum absolute atomic E-state index is 11.6. The standard InChI is InChI=1S/C10H5ClN4O2/c11-8-7(6-4-2-1-3-5-6)17-10(16)9-12-13-14-15(8)9/h1-5H. The van der Waals surface area contributed by atoms with Crippen molar-refractivity contribution >= 4 is 17.2 Å². The van der Waals surface area contributed by atoms with E-state index in [-0.39, 0.29) is 16.6 Å². The van der Waals surface area contributed by atoms with Gasteiger partial charge in [0.1, 0.15) is 0 Å². The second kappa shape index (κ2) is 3.67. The van der Waals surface area contributed by atoms with Crippen LogP contribution >= 0.6 is 11.6 Å². The zero-order valence-corrected chi connectivity index (χ0v) is 9.13. The molecule has 17 heavy (non-hydrogen) atoms. The summed E-state index contributed by atoms with van der Waals surface area (Å²) in [6.45, 7) is 0. The maximum Gasteiger partial charge on any atom is 0.384 e. The Morgan fingerprint density at radius 2 is 2.00 bits per heavy atom. The van der Waals surface area contributed by atoms with Gasteiger partial charge in [-0.1, -0.05) is 41.9 Å². The van der Waals surface area contributed by atoms with Crippen LogP contribution in [0.3, 0.4) is 0 Å². The van der Waals surface area contributed by atoms with Crippen LogP contribution in [0.4, 0.5) is 0 Å². The fourth-order valence-corrected chi connectivity index (χ4v) is 1.75. The van der Waals surface area contributed by atoms with Crippen molar-refractivity contribution in [2.45, 2.75) is 0 Å². The third kappa shape index (κ3) is 1.50. The largest absolute Gasteiger partial charge is 0.417 e. The number of benzene rings is 1. The van der Waals surface area contributed by atoms with Gasteiger partial charge in [-0.3, -0.25) is 0 Å². The van der Waals surface area contributed by atoms with Crippen LogP contribution in [-0.2, 0) is 0 Å². The number of rotatable bonds is 1. The molecule has 0 saturated carbocycles. The summed E-state index contributed by atoms with van der Waals surface area (Å²) in [5, 5.41) is 10.7. The van der Waals surface area contributed by atoms with E-state index in [4.69, 9.17) is 16.0 Å². The Morgan fingerprint density at radius 3 is 2.76 bits per heavy atom. The van der Waals surface area contributed by atoms with E-state index in [1.165, 1.54) is 0 Å². The molecule has 2 heterocycles. The number of hydrogen-bond acceptors (Lipinski definition) is 5. The molecular weight excluding hydrogens is 244 g/mol. The maximum atomic E-state index is 11.6. The van der Waals surface area contributed by atoms with Crippen LogP contribution < -0.4 is 5.63 Å². The van der Waals surface area contributed by atoms with Crippen LogP contribution in [0.2, 0.25) is 5.15 Å². The molecule has 0 saturated heterocycles. The molecular formula is C10H5ClN4O2. The summed E-state index contributed by atoms with van der Waals surface area (Å²) in [5.41, 5.74) is 0.0277. The van der Waals surface area contributed by atoms with E-state index < -0.39 is 5.63 Å². The van der Waals surface area contributed by atoms with Crippen molar-refractivity contribution in [2.75, 3.05) is 0 Å². The second-order valence-electron chi connectivity index (χ2n) is 3.29. The monoisotopic (exact) mass is 248 g/mol. The van der Waals surface area contributed by atoms with Crippen molar-refractivity contribution in [2.24, 2.45) is 0 Å². The molecule has 6 nitrogen and oxygen atoms in total. The molecule has 0 unspecified atom stereocenters. The van der Waals surface area contributed by atoms with Crippen LogP contribution in [0, 0.1) is 0 Å². The molecule has 7 heteroatoms. The van der Waals surface area contributed by atoms with E-state index in [1.54, 1.807) is 12.1 Å². The van der Waals surface area contributed by atoms with Gasteiger partial charge in [0.15, 0.2) is 10.9 Å². The first-order chi connectivity index (χ1) is 8.27. The molecule has 0 spiro atoms. The van der Waals surface area contributed by atoms with E-state index >= 15 is 0 Å². The van der Waals surface area contributed by atoms with Crippen molar-refractivity contribution in [1.82, 2.24) is 20.0 Å². The summed E-state index contributed by atoms with van der Waals surface area (Å²) in [6, 6.07) is 9.04. The Balaban J connectivity index is 2.38. The first-order valence-corrected chi connectivity index (χ1v) is 5.11. The molecule has 0 amide bonds. The molecule has 0 aliphatic rings. The lowest BCUT2D eigenvalue weighted by Gasteiger charge is -2.02. The molecule has 0 fully saturated rings. The summed E-state index contributed by atoms with van der Waals surface area (Å²) in [7, 11) is 0. The van der Waals surface area contributed by atoms with Crippen LogP contribution in [0.5, 0.6) is 0 Å². The molecule has 0 atom stereocenters. The molecule has 0 bridgehead atoms. The molecule has 0 radical (unpaired) electrons. The van der Waals surface area contributed by atoms with Crippen LogP contribution in [-0.4, -0.2) is 20.0 Å². The Labute approximate surface area is 99.4 Å². The molecule has 3 aromatic rings. The molecule has 3 rings (SSSR count). The van der Waals surface area contributed by atoms with Gasteiger partial charge in [-0.25, -0.2) is 4.79 Å². The minimum Gasteiger partial charge on any atom is -0.417 e. The highest BCUT2D eigenvalue weighted by Gasteiger charge is 2.15. The predicted molar refractivity (Wildman–Crippen MR) is 59.8 cm³/mol. The molecule has 0 aliphatic carbocycles. The normalized spacial score (nSPS) is 10.9. The van der Waals surface area contributed by atoms with Crippen LogP contribution in [0.15, 0.2) is 39.5 Å². The number of hydrogen-bond donors (Lipinski definition) is 0. The molecule has 2 aromatic heterocycles. The zero-order chi connectivity index (χ0) is 11.8. The lowest BCUT2D eigenvalue weighted by molar-refractivity contribution is 0.520. The lowest BCUT2D eigenvalue weighted by atomic mass is 10.2. The van der Waals surface area contributed by atoms with Gasteiger partial charge in [-0.15, -0.1) is 5.10 Å². The van der Waals surface area contributed by atoms with E-state index in [1.807, 2.05) is 18.2 Å². The summed E-state index contributed by atoms with van der Waals surface area (Å²) < 4.78 is 6.26. The summed E-state index contributed by atoms with van der Waals surface area (Å²) in [6.07, 6.45) is 0. The number of aromatic nitrogens is 4. The third-order valence-corrected chi connectivity index (χ3v) is 2.59. The van der Waals surface area contributed by atoms with Crippen LogP contribution in [0.25, 0.3) is 17.0 Å². The smallest absolute Gasteiger partial charge is 0.384 e. The highest BCUT2D eigenvalue weighted by atomic mass is 35.5. The average molecular weight is 249 g/mol. The van der Waals surface area contributed by atoms with Crippen molar-refractivity contribution in [1.29, 1.82) is 0 Å². The fraction of sp³-hybridized carbons (Fsp3) is 0. The quantitative estimate of drug-likeness (QED) is 0.651. The SMILES string of the molecule is O=c1oc(-c2ccccc2)c(Cl)n2nnnc12. The van der Waals surface area contributed by atoms with E-state index in [0.29, 0.717) is 5.56 Å². The van der Waals surface area contributed by atoms with E-state index in [9.17, 15) is 4.79 Å². The van der Waals surface area contributed by atoms with Gasteiger partial charge < -0.3 is 4.42 Å². The first-order valence-electron chi connectivity index (χ1n) is 4.73. The zero-order valence-electron chi connectivity index (χ0n) is 8.37. The van der Waals surface area contributed by atoms with Gasteiger partial charge in [0.05, 0.1) is 0 Å². The van der Waals surface area contributed by atoms with Crippen molar-refractivity contribution in [3.8, 4) is 11.3 Å². The number of nitrogens with zero attached hydrogens (tertiary/aromatic N) is 4. The minimum absolute atomic E-state index is 0.0327. The Morgan fingerprint density at radius 1 is 1.24 bits per heavy atom.